The number of nitrogens with two attached hydrogens (primary N) is 1. The topological polar surface area (TPSA) is 56.0 Å². The molecule has 0 unspecified atom stereocenters. The summed E-state index contributed by atoms with van der Waals surface area (Å²) in [6.07, 6.45) is -1.84. The van der Waals surface area contributed by atoms with Crippen LogP contribution in [0.25, 0.3) is 0 Å². The smallest absolute Gasteiger partial charge is 0.266 e. The molecule has 1 heterocycles. The van der Waals surface area contributed by atoms with Gasteiger partial charge in [-0.05, 0) is 6.92 Å². The van der Waals surface area contributed by atoms with Gasteiger partial charge in [0.15, 0.2) is 0 Å². The number of hydrogen-bond acceptors (Lipinski definition) is 2. The average Bonchev–Trinajstić information content (AvgIpc) is 2.08. The molecule has 0 atom stereocenters. The number of rotatable bonds is 2. The molecule has 0 fully saturated rings. The molecular weight excluding hydrogens is 214 g/mol. The van der Waals surface area contributed by atoms with E-state index in [-0.39, 0.29) is 16.3 Å². The van der Waals surface area contributed by atoms with E-state index in [1.165, 1.54) is 6.92 Å². The van der Waals surface area contributed by atoms with Crippen molar-refractivity contribution in [3.8, 4) is 0 Å². The Morgan fingerprint density at radius 1 is 1.64 bits per heavy atom. The summed E-state index contributed by atoms with van der Waals surface area (Å²) in [5.74, 6) is -0.963. The fraction of sp³-hybridized carbons (Fsp3) is 0.250. The number of carbonyl (C=O) groups excluding carboxylic acids is 1. The van der Waals surface area contributed by atoms with Crippen LogP contribution in [0.3, 0.4) is 0 Å². The highest BCUT2D eigenvalue weighted by Gasteiger charge is 2.22. The molecule has 3 nitrogen and oxygen atoms in total. The van der Waals surface area contributed by atoms with Gasteiger partial charge in [-0.3, -0.25) is 9.78 Å². The molecule has 76 valence electrons. The van der Waals surface area contributed by atoms with Gasteiger partial charge in [0.2, 0.25) is 0 Å². The van der Waals surface area contributed by atoms with Crippen LogP contribution in [0.1, 0.15) is 28.0 Å². The molecule has 0 radical (unpaired) electrons. The van der Waals surface area contributed by atoms with Gasteiger partial charge in [-0.1, -0.05) is 11.6 Å². The lowest BCUT2D eigenvalue weighted by atomic mass is 10.1. The Hall–Kier alpha value is -1.23. The normalized spacial score (nSPS) is 10.6. The van der Waals surface area contributed by atoms with Crippen LogP contribution in [0.2, 0.25) is 5.02 Å². The minimum atomic E-state index is -2.84. The van der Waals surface area contributed by atoms with Gasteiger partial charge in [0.05, 0.1) is 21.8 Å². The molecule has 0 spiro atoms. The largest absolute Gasteiger partial charge is 0.366 e. The number of aryl methyl sites for hydroxylation is 1. The summed E-state index contributed by atoms with van der Waals surface area (Å²) in [6.45, 7) is 1.47. The Morgan fingerprint density at radius 3 is 2.64 bits per heavy atom. The molecule has 0 bridgehead atoms. The standard InChI is InChI=1S/C8H7ClF2N2O/c1-3-6(9)5(7(10)11)4(2-13-3)8(12)14/h2,7H,1H3,(H2,12,14). The quantitative estimate of drug-likeness (QED) is 0.830. The average molecular weight is 221 g/mol. The van der Waals surface area contributed by atoms with Crippen LogP contribution >= 0.6 is 11.6 Å². The molecular formula is C8H7ClF2N2O. The molecule has 6 heteroatoms. The van der Waals surface area contributed by atoms with Gasteiger partial charge in [0, 0.05) is 6.20 Å². The van der Waals surface area contributed by atoms with Crippen LogP contribution in [0.4, 0.5) is 8.78 Å². The summed E-state index contributed by atoms with van der Waals surface area (Å²) < 4.78 is 25.0. The lowest BCUT2D eigenvalue weighted by Gasteiger charge is -2.08. The van der Waals surface area contributed by atoms with Crippen molar-refractivity contribution < 1.29 is 13.6 Å². The van der Waals surface area contributed by atoms with Crippen LogP contribution in [0, 0.1) is 6.92 Å². The summed E-state index contributed by atoms with van der Waals surface area (Å²) in [7, 11) is 0. The molecule has 1 aromatic heterocycles. The third-order valence-electron chi connectivity index (χ3n) is 1.72. The zero-order chi connectivity index (χ0) is 10.9. The monoisotopic (exact) mass is 220 g/mol. The molecule has 0 aliphatic carbocycles. The highest BCUT2D eigenvalue weighted by molar-refractivity contribution is 6.32. The number of amides is 1. The van der Waals surface area contributed by atoms with E-state index >= 15 is 0 Å². The van der Waals surface area contributed by atoms with Gasteiger partial charge in [-0.2, -0.15) is 0 Å². The van der Waals surface area contributed by atoms with Crippen molar-refractivity contribution in [2.75, 3.05) is 0 Å². The summed E-state index contributed by atoms with van der Waals surface area (Å²) in [4.78, 5) is 14.5. The van der Waals surface area contributed by atoms with Crippen molar-refractivity contribution in [3.05, 3.63) is 28.0 Å². The number of carbonyl (C=O) groups is 1. The van der Waals surface area contributed by atoms with E-state index in [1.54, 1.807) is 0 Å². The first-order valence-corrected chi connectivity index (χ1v) is 4.06. The second kappa shape index (κ2) is 3.88. The summed E-state index contributed by atoms with van der Waals surface area (Å²) >= 11 is 5.59. The van der Waals surface area contributed by atoms with Gasteiger partial charge >= 0.3 is 0 Å². The number of halogens is 3. The Balaban J connectivity index is 3.45. The van der Waals surface area contributed by atoms with Crippen LogP contribution < -0.4 is 5.73 Å². The third kappa shape index (κ3) is 1.82. The zero-order valence-electron chi connectivity index (χ0n) is 7.22. The maximum Gasteiger partial charge on any atom is 0.266 e. The second-order valence-electron chi connectivity index (χ2n) is 2.65. The highest BCUT2D eigenvalue weighted by Crippen LogP contribution is 2.31. The predicted octanol–water partition coefficient (Wildman–Crippen LogP) is 2.08. The van der Waals surface area contributed by atoms with Crippen molar-refractivity contribution in [1.82, 2.24) is 4.98 Å². The van der Waals surface area contributed by atoms with Crippen molar-refractivity contribution in [1.29, 1.82) is 0 Å². The molecule has 0 aliphatic rings. The van der Waals surface area contributed by atoms with Gasteiger partial charge in [-0.25, -0.2) is 8.78 Å². The van der Waals surface area contributed by atoms with E-state index in [0.29, 0.717) is 0 Å². The van der Waals surface area contributed by atoms with Gasteiger partial charge < -0.3 is 5.73 Å². The van der Waals surface area contributed by atoms with E-state index < -0.39 is 17.9 Å². The number of hydrogen-bond donors (Lipinski definition) is 1. The molecule has 1 amide bonds. The zero-order valence-corrected chi connectivity index (χ0v) is 7.98. The molecule has 14 heavy (non-hydrogen) atoms. The Bertz CT molecular complexity index is 382. The van der Waals surface area contributed by atoms with Gasteiger partial charge in [-0.15, -0.1) is 0 Å². The van der Waals surface area contributed by atoms with Gasteiger partial charge in [0.25, 0.3) is 12.3 Å². The van der Waals surface area contributed by atoms with Gasteiger partial charge in [0.1, 0.15) is 0 Å². The first kappa shape index (κ1) is 10.8. The lowest BCUT2D eigenvalue weighted by molar-refractivity contribution is 0.0985. The predicted molar refractivity (Wildman–Crippen MR) is 47.5 cm³/mol. The molecule has 1 aromatic rings. The van der Waals surface area contributed by atoms with Crippen LogP contribution in [0.5, 0.6) is 0 Å². The Kier molecular flexibility index (Phi) is 3.00. The molecule has 0 aliphatic heterocycles. The summed E-state index contributed by atoms with van der Waals surface area (Å²) in [6, 6.07) is 0. The Labute approximate surface area is 83.9 Å². The summed E-state index contributed by atoms with van der Waals surface area (Å²) in [5, 5.41) is -0.212. The van der Waals surface area contributed by atoms with E-state index in [2.05, 4.69) is 4.98 Å². The SMILES string of the molecule is Cc1ncc(C(N)=O)c(C(F)F)c1Cl. The van der Waals surface area contributed by atoms with Crippen molar-refractivity contribution in [2.45, 2.75) is 13.3 Å². The van der Waals surface area contributed by atoms with Crippen molar-refractivity contribution in [3.63, 3.8) is 0 Å². The molecule has 0 aromatic carbocycles. The molecule has 1 rings (SSSR count). The minimum Gasteiger partial charge on any atom is -0.366 e. The first-order valence-electron chi connectivity index (χ1n) is 3.68. The number of aromatic nitrogens is 1. The van der Waals surface area contributed by atoms with Crippen LogP contribution in [-0.4, -0.2) is 10.9 Å². The van der Waals surface area contributed by atoms with E-state index in [9.17, 15) is 13.6 Å². The number of pyridine rings is 1. The van der Waals surface area contributed by atoms with E-state index in [4.69, 9.17) is 17.3 Å². The van der Waals surface area contributed by atoms with Crippen LogP contribution in [-0.2, 0) is 0 Å². The highest BCUT2D eigenvalue weighted by atomic mass is 35.5. The van der Waals surface area contributed by atoms with Crippen molar-refractivity contribution >= 4 is 17.5 Å². The number of nitrogens with zero attached hydrogens (tertiary/aromatic N) is 1. The molecule has 2 N–H and O–H groups in total. The lowest BCUT2D eigenvalue weighted by Crippen LogP contribution is -2.15. The maximum absolute atomic E-state index is 12.5. The fourth-order valence-corrected chi connectivity index (χ4v) is 1.24. The number of alkyl halides is 2. The minimum absolute atomic E-state index is 0.212. The maximum atomic E-state index is 12.5. The number of primary amides is 1. The second-order valence-corrected chi connectivity index (χ2v) is 3.03. The van der Waals surface area contributed by atoms with Crippen molar-refractivity contribution in [2.24, 2.45) is 5.73 Å². The fourth-order valence-electron chi connectivity index (χ4n) is 1.01. The summed E-state index contributed by atoms with van der Waals surface area (Å²) in [5.41, 5.74) is 4.26. The van der Waals surface area contributed by atoms with E-state index in [0.717, 1.165) is 6.20 Å². The molecule has 0 saturated heterocycles. The van der Waals surface area contributed by atoms with Crippen LogP contribution in [0.15, 0.2) is 6.20 Å². The molecule has 0 saturated carbocycles. The third-order valence-corrected chi connectivity index (χ3v) is 2.19. The first-order chi connectivity index (χ1) is 6.45. The Morgan fingerprint density at radius 2 is 2.21 bits per heavy atom. The van der Waals surface area contributed by atoms with E-state index in [1.807, 2.05) is 0 Å².